The van der Waals surface area contributed by atoms with Crippen LogP contribution in [0.5, 0.6) is 0 Å². The molecule has 0 aliphatic carbocycles. The number of nitrogens with zero attached hydrogens (tertiary/aromatic N) is 1. The van der Waals surface area contributed by atoms with Gasteiger partial charge in [-0.05, 0) is 31.8 Å². The summed E-state index contributed by atoms with van der Waals surface area (Å²) >= 11 is 0. The lowest BCUT2D eigenvalue weighted by molar-refractivity contribution is -0.242. The van der Waals surface area contributed by atoms with Gasteiger partial charge in [-0.25, -0.2) is 0 Å². The first kappa shape index (κ1) is 12.3. The summed E-state index contributed by atoms with van der Waals surface area (Å²) in [5, 5.41) is 3.03. The second-order valence-electron chi connectivity index (χ2n) is 3.81. The van der Waals surface area contributed by atoms with Crippen LogP contribution in [0.3, 0.4) is 0 Å². The van der Waals surface area contributed by atoms with Crippen LogP contribution in [0.2, 0.25) is 0 Å². The molecule has 0 aromatic heterocycles. The average Bonchev–Trinajstić information content (AvgIpc) is 2.13. The van der Waals surface area contributed by atoms with Gasteiger partial charge in [0.2, 0.25) is 5.91 Å². The van der Waals surface area contributed by atoms with Crippen molar-refractivity contribution in [1.82, 2.24) is 10.2 Å². The lowest BCUT2D eigenvalue weighted by Crippen LogP contribution is -2.47. The van der Waals surface area contributed by atoms with E-state index in [0.717, 1.165) is 26.3 Å². The van der Waals surface area contributed by atoms with Crippen molar-refractivity contribution >= 4 is 5.91 Å². The molecule has 1 aliphatic heterocycles. The third-order valence-electron chi connectivity index (χ3n) is 2.53. The molecule has 1 heterocycles. The van der Waals surface area contributed by atoms with Crippen LogP contribution >= 0.6 is 0 Å². The Hall–Kier alpha value is -0.780. The van der Waals surface area contributed by atoms with Gasteiger partial charge in [0, 0.05) is 13.5 Å². The van der Waals surface area contributed by atoms with Crippen molar-refractivity contribution in [3.8, 4) is 0 Å². The molecule has 1 amide bonds. The molecule has 1 saturated heterocycles. The molecule has 1 N–H and O–H groups in total. The molecule has 1 atom stereocenters. The van der Waals surface area contributed by atoms with Crippen LogP contribution in [0.4, 0.5) is 13.2 Å². The number of carbonyl (C=O) groups is 1. The van der Waals surface area contributed by atoms with E-state index in [-0.39, 0.29) is 17.4 Å². The maximum atomic E-state index is 12.4. The summed E-state index contributed by atoms with van der Waals surface area (Å²) in [6.07, 6.45) is -2.94. The van der Waals surface area contributed by atoms with E-state index in [0.29, 0.717) is 6.54 Å². The number of hydrogen-bond acceptors (Lipinski definition) is 2. The zero-order valence-electron chi connectivity index (χ0n) is 8.60. The van der Waals surface area contributed by atoms with Crippen molar-refractivity contribution in [2.24, 2.45) is 5.92 Å². The van der Waals surface area contributed by atoms with Crippen molar-refractivity contribution in [2.75, 3.05) is 19.6 Å². The first-order valence-electron chi connectivity index (χ1n) is 4.97. The fraction of sp³-hybridized carbons (Fsp3) is 0.889. The van der Waals surface area contributed by atoms with E-state index in [4.69, 9.17) is 0 Å². The molecule has 0 bridgehead atoms. The van der Waals surface area contributed by atoms with Gasteiger partial charge < -0.3 is 5.32 Å². The summed E-state index contributed by atoms with van der Waals surface area (Å²) in [7, 11) is 0. The maximum Gasteiger partial charge on any atom is 0.487 e. The third-order valence-corrected chi connectivity index (χ3v) is 2.53. The Kier molecular flexibility index (Phi) is 3.96. The fourth-order valence-corrected chi connectivity index (χ4v) is 1.75. The molecular weight excluding hydrogens is 209 g/mol. The van der Waals surface area contributed by atoms with Crippen molar-refractivity contribution < 1.29 is 18.0 Å². The van der Waals surface area contributed by atoms with Gasteiger partial charge in [0.25, 0.3) is 0 Å². The number of halogens is 3. The fourth-order valence-electron chi connectivity index (χ4n) is 1.75. The van der Waals surface area contributed by atoms with Gasteiger partial charge in [-0.1, -0.05) is 0 Å². The molecule has 6 heteroatoms. The Balaban J connectivity index is 2.54. The Bertz CT molecular complexity index is 224. The number of rotatable bonds is 2. The smallest absolute Gasteiger partial charge is 0.316 e. The van der Waals surface area contributed by atoms with Crippen LogP contribution in [0.15, 0.2) is 0 Å². The molecule has 0 aromatic rings. The zero-order valence-corrected chi connectivity index (χ0v) is 8.60. The second kappa shape index (κ2) is 4.83. The molecule has 0 unspecified atom stereocenters. The van der Waals surface area contributed by atoms with E-state index in [1.165, 1.54) is 0 Å². The Morgan fingerprint density at radius 2 is 2.20 bits per heavy atom. The Morgan fingerprint density at radius 1 is 1.53 bits per heavy atom. The minimum absolute atomic E-state index is 0.00926. The summed E-state index contributed by atoms with van der Waals surface area (Å²) in [4.78, 5) is 10.8. The molecule has 3 nitrogen and oxygen atoms in total. The number of piperidine rings is 1. The average molecular weight is 224 g/mol. The van der Waals surface area contributed by atoms with Crippen LogP contribution in [-0.2, 0) is 4.79 Å². The minimum atomic E-state index is -4.55. The summed E-state index contributed by atoms with van der Waals surface area (Å²) < 4.78 is 37.2. The predicted molar refractivity (Wildman–Crippen MR) is 49.0 cm³/mol. The topological polar surface area (TPSA) is 32.3 Å². The highest BCUT2D eigenvalue weighted by Gasteiger charge is 2.40. The van der Waals surface area contributed by atoms with Crippen molar-refractivity contribution in [2.45, 2.75) is 26.1 Å². The Morgan fingerprint density at radius 3 is 2.60 bits per heavy atom. The highest BCUT2D eigenvalue weighted by atomic mass is 19.4. The number of hydrogen-bond donors (Lipinski definition) is 1. The normalized spacial score (nSPS) is 22.5. The monoisotopic (exact) mass is 224 g/mol. The van der Waals surface area contributed by atoms with Crippen LogP contribution in [0.1, 0.15) is 19.8 Å². The highest BCUT2D eigenvalue weighted by molar-refractivity contribution is 5.73. The van der Waals surface area contributed by atoms with E-state index >= 15 is 0 Å². The van der Waals surface area contributed by atoms with Crippen LogP contribution in [0.25, 0.3) is 0 Å². The second-order valence-corrected chi connectivity index (χ2v) is 3.81. The number of amides is 1. The van der Waals surface area contributed by atoms with Crippen molar-refractivity contribution in [3.05, 3.63) is 0 Å². The van der Waals surface area contributed by atoms with Crippen molar-refractivity contribution in [1.29, 1.82) is 0 Å². The van der Waals surface area contributed by atoms with Gasteiger partial charge in [-0.15, -0.1) is 13.2 Å². The highest BCUT2D eigenvalue weighted by Crippen LogP contribution is 2.24. The van der Waals surface area contributed by atoms with E-state index in [9.17, 15) is 18.0 Å². The zero-order chi connectivity index (χ0) is 11.5. The summed E-state index contributed by atoms with van der Waals surface area (Å²) in [6.45, 7) is 2.12. The largest absolute Gasteiger partial charge is 0.487 e. The molecule has 1 fully saturated rings. The van der Waals surface area contributed by atoms with Crippen LogP contribution < -0.4 is 5.32 Å². The Labute approximate surface area is 86.6 Å². The third kappa shape index (κ3) is 3.70. The van der Waals surface area contributed by atoms with E-state index in [2.05, 4.69) is 5.32 Å². The van der Waals surface area contributed by atoms with E-state index in [1.54, 1.807) is 0 Å². The molecule has 15 heavy (non-hydrogen) atoms. The maximum absolute atomic E-state index is 12.4. The molecule has 0 radical (unpaired) electrons. The SMILES string of the molecule is CC(=O)N(C[C@@H]1CCCNC1)C(F)(F)F. The molecule has 0 aromatic carbocycles. The summed E-state index contributed by atoms with van der Waals surface area (Å²) in [5.41, 5.74) is 0. The molecule has 88 valence electrons. The van der Waals surface area contributed by atoms with Gasteiger partial charge in [0.15, 0.2) is 0 Å². The number of nitrogens with one attached hydrogen (secondary N) is 1. The van der Waals surface area contributed by atoms with Gasteiger partial charge in [0.1, 0.15) is 0 Å². The quantitative estimate of drug-likeness (QED) is 0.718. The first-order chi connectivity index (χ1) is 6.91. The first-order valence-corrected chi connectivity index (χ1v) is 4.97. The lowest BCUT2D eigenvalue weighted by atomic mass is 9.99. The van der Waals surface area contributed by atoms with E-state index in [1.807, 2.05) is 0 Å². The van der Waals surface area contributed by atoms with Gasteiger partial charge in [0.05, 0.1) is 0 Å². The molecule has 1 rings (SSSR count). The molecule has 0 spiro atoms. The van der Waals surface area contributed by atoms with E-state index < -0.39 is 12.2 Å². The van der Waals surface area contributed by atoms with Gasteiger partial charge in [-0.3, -0.25) is 9.69 Å². The molecule has 1 aliphatic rings. The number of carbonyl (C=O) groups excluding carboxylic acids is 1. The standard InChI is InChI=1S/C9H15F3N2O/c1-7(15)14(9(10,11)12)6-8-3-2-4-13-5-8/h8,13H,2-6H2,1H3/t8-/m1/s1. The summed E-state index contributed by atoms with van der Waals surface area (Å²) in [6, 6.07) is 0. The molecule has 0 saturated carbocycles. The predicted octanol–water partition coefficient (Wildman–Crippen LogP) is 1.35. The number of alkyl halides is 3. The van der Waals surface area contributed by atoms with Crippen LogP contribution in [-0.4, -0.2) is 36.7 Å². The van der Waals surface area contributed by atoms with Crippen LogP contribution in [0, 0.1) is 5.92 Å². The minimum Gasteiger partial charge on any atom is -0.316 e. The van der Waals surface area contributed by atoms with Gasteiger partial charge >= 0.3 is 6.30 Å². The molecular formula is C9H15F3N2O. The van der Waals surface area contributed by atoms with Gasteiger partial charge in [-0.2, -0.15) is 0 Å². The summed E-state index contributed by atoms with van der Waals surface area (Å²) in [5.74, 6) is -1.03. The van der Waals surface area contributed by atoms with Crippen molar-refractivity contribution in [3.63, 3.8) is 0 Å². The lowest BCUT2D eigenvalue weighted by Gasteiger charge is -2.30.